The zero-order valence-corrected chi connectivity index (χ0v) is 11.2. The summed E-state index contributed by atoms with van der Waals surface area (Å²) in [4.78, 5) is 14.0. The molecule has 2 fully saturated rings. The summed E-state index contributed by atoms with van der Waals surface area (Å²) in [5.74, 6) is 0.0226. The van der Waals surface area contributed by atoms with Crippen molar-refractivity contribution in [1.29, 1.82) is 0 Å². The second-order valence-electron chi connectivity index (χ2n) is 5.44. The van der Waals surface area contributed by atoms with Crippen LogP contribution in [0.15, 0.2) is 0 Å². The number of hydrogen-bond donors (Lipinski definition) is 2. The van der Waals surface area contributed by atoms with Crippen LogP contribution in [0, 0.1) is 0 Å². The van der Waals surface area contributed by atoms with E-state index in [0.29, 0.717) is 26.0 Å². The highest BCUT2D eigenvalue weighted by Gasteiger charge is 2.39. The van der Waals surface area contributed by atoms with E-state index in [1.54, 1.807) is 0 Å². The highest BCUT2D eigenvalue weighted by atomic mass is 16.5. The van der Waals surface area contributed by atoms with E-state index in [1.807, 2.05) is 6.92 Å². The first-order valence-corrected chi connectivity index (χ1v) is 6.93. The number of ether oxygens (including phenoxy) is 1. The van der Waals surface area contributed by atoms with Crippen molar-refractivity contribution in [2.45, 2.75) is 44.3 Å². The van der Waals surface area contributed by atoms with Gasteiger partial charge in [-0.1, -0.05) is 0 Å². The molecule has 1 amide bonds. The predicted octanol–water partition coefficient (Wildman–Crippen LogP) is 0.128. The molecule has 2 heterocycles. The van der Waals surface area contributed by atoms with Gasteiger partial charge in [0.1, 0.15) is 5.60 Å². The van der Waals surface area contributed by atoms with Crippen LogP contribution in [0.2, 0.25) is 0 Å². The van der Waals surface area contributed by atoms with Crippen LogP contribution >= 0.6 is 0 Å². The summed E-state index contributed by atoms with van der Waals surface area (Å²) in [6.07, 6.45) is 3.41. The zero-order valence-electron chi connectivity index (χ0n) is 11.2. The third kappa shape index (κ3) is 3.43. The van der Waals surface area contributed by atoms with Crippen molar-refractivity contribution in [2.75, 3.05) is 32.8 Å². The van der Waals surface area contributed by atoms with Crippen LogP contribution in [-0.4, -0.2) is 60.4 Å². The lowest BCUT2D eigenvalue weighted by Gasteiger charge is -2.26. The van der Waals surface area contributed by atoms with Crippen molar-refractivity contribution < 1.29 is 14.6 Å². The Bertz CT molecular complexity index is 292. The highest BCUT2D eigenvalue weighted by Crippen LogP contribution is 2.24. The van der Waals surface area contributed by atoms with Gasteiger partial charge in [0.15, 0.2) is 0 Å². The van der Waals surface area contributed by atoms with Crippen molar-refractivity contribution in [3.05, 3.63) is 0 Å². The fraction of sp³-hybridized carbons (Fsp3) is 0.923. The minimum Gasteiger partial charge on any atom is -0.385 e. The normalized spacial score (nSPS) is 32.9. The van der Waals surface area contributed by atoms with Crippen LogP contribution in [0.5, 0.6) is 0 Å². The Hall–Kier alpha value is -0.650. The van der Waals surface area contributed by atoms with Crippen molar-refractivity contribution in [2.24, 2.45) is 0 Å². The Balaban J connectivity index is 1.65. The minimum absolute atomic E-state index is 0.0226. The first-order valence-electron chi connectivity index (χ1n) is 6.93. The van der Waals surface area contributed by atoms with Gasteiger partial charge in [0, 0.05) is 32.5 Å². The second-order valence-corrected chi connectivity index (χ2v) is 5.44. The van der Waals surface area contributed by atoms with E-state index in [1.165, 1.54) is 12.8 Å². The second kappa shape index (κ2) is 5.99. The summed E-state index contributed by atoms with van der Waals surface area (Å²) in [6, 6.07) is 0. The molecule has 104 valence electrons. The Morgan fingerprint density at radius 2 is 2.22 bits per heavy atom. The van der Waals surface area contributed by atoms with E-state index in [9.17, 15) is 9.90 Å². The highest BCUT2D eigenvalue weighted by molar-refractivity contribution is 5.76. The number of aliphatic hydroxyl groups is 1. The standard InChI is InChI=1S/C13H24N2O3/c1-11-13(17,5-9-18-11)10-14-12(16)4-8-15-6-2-3-7-15/h11,17H,2-10H2,1H3,(H,14,16). The van der Waals surface area contributed by atoms with Crippen molar-refractivity contribution in [3.63, 3.8) is 0 Å². The lowest BCUT2D eigenvalue weighted by Crippen LogP contribution is -2.47. The minimum atomic E-state index is -0.886. The van der Waals surface area contributed by atoms with E-state index in [4.69, 9.17) is 4.74 Å². The number of nitrogens with zero attached hydrogens (tertiary/aromatic N) is 1. The molecule has 0 aromatic heterocycles. The molecule has 2 saturated heterocycles. The Labute approximate surface area is 108 Å². The molecule has 2 unspecified atom stereocenters. The molecule has 2 N–H and O–H groups in total. The summed E-state index contributed by atoms with van der Waals surface area (Å²) in [6.45, 7) is 5.78. The van der Waals surface area contributed by atoms with Crippen molar-refractivity contribution >= 4 is 5.91 Å². The number of likely N-dealkylation sites (tertiary alicyclic amines) is 1. The van der Waals surface area contributed by atoms with E-state index in [0.717, 1.165) is 19.6 Å². The zero-order chi connectivity index (χ0) is 13.0. The lowest BCUT2D eigenvalue weighted by molar-refractivity contribution is -0.123. The Kier molecular flexibility index (Phi) is 4.59. The molecule has 5 nitrogen and oxygen atoms in total. The van der Waals surface area contributed by atoms with Crippen LogP contribution in [-0.2, 0) is 9.53 Å². The molecule has 0 radical (unpaired) electrons. The van der Waals surface area contributed by atoms with Gasteiger partial charge < -0.3 is 20.1 Å². The molecule has 0 aliphatic carbocycles. The molecule has 0 saturated carbocycles. The van der Waals surface area contributed by atoms with Gasteiger partial charge in [-0.2, -0.15) is 0 Å². The third-order valence-corrected chi connectivity index (χ3v) is 4.11. The average molecular weight is 256 g/mol. The average Bonchev–Trinajstić information content (AvgIpc) is 2.96. The van der Waals surface area contributed by atoms with E-state index in [-0.39, 0.29) is 12.0 Å². The van der Waals surface area contributed by atoms with Gasteiger partial charge in [-0.15, -0.1) is 0 Å². The molecule has 2 rings (SSSR count). The van der Waals surface area contributed by atoms with E-state index in [2.05, 4.69) is 10.2 Å². The number of hydrogen-bond acceptors (Lipinski definition) is 4. The van der Waals surface area contributed by atoms with E-state index < -0.39 is 5.60 Å². The molecule has 5 heteroatoms. The molecule has 0 spiro atoms. The van der Waals surface area contributed by atoms with Crippen LogP contribution < -0.4 is 5.32 Å². The molecular formula is C13H24N2O3. The summed E-state index contributed by atoms with van der Waals surface area (Å²) in [5, 5.41) is 13.1. The predicted molar refractivity (Wildman–Crippen MR) is 68.3 cm³/mol. The van der Waals surface area contributed by atoms with Crippen LogP contribution in [0.3, 0.4) is 0 Å². The van der Waals surface area contributed by atoms with E-state index >= 15 is 0 Å². The van der Waals surface area contributed by atoms with Gasteiger partial charge in [-0.05, 0) is 32.9 Å². The Morgan fingerprint density at radius 3 is 2.83 bits per heavy atom. The number of amides is 1. The quantitative estimate of drug-likeness (QED) is 0.734. The van der Waals surface area contributed by atoms with Gasteiger partial charge >= 0.3 is 0 Å². The van der Waals surface area contributed by atoms with Crippen LogP contribution in [0.1, 0.15) is 32.6 Å². The van der Waals surface area contributed by atoms with Gasteiger partial charge in [0.25, 0.3) is 0 Å². The molecule has 2 aliphatic rings. The fourth-order valence-corrected chi connectivity index (χ4v) is 2.61. The van der Waals surface area contributed by atoms with Gasteiger partial charge in [-0.25, -0.2) is 0 Å². The van der Waals surface area contributed by atoms with Crippen molar-refractivity contribution in [3.8, 4) is 0 Å². The van der Waals surface area contributed by atoms with Gasteiger partial charge in [-0.3, -0.25) is 4.79 Å². The van der Waals surface area contributed by atoms with Gasteiger partial charge in [0.05, 0.1) is 6.10 Å². The summed E-state index contributed by atoms with van der Waals surface area (Å²) < 4.78 is 5.33. The summed E-state index contributed by atoms with van der Waals surface area (Å²) in [5.41, 5.74) is -0.886. The molecule has 18 heavy (non-hydrogen) atoms. The Morgan fingerprint density at radius 1 is 1.50 bits per heavy atom. The molecule has 0 aromatic rings. The number of carbonyl (C=O) groups excluding carboxylic acids is 1. The maximum atomic E-state index is 11.7. The van der Waals surface area contributed by atoms with Gasteiger partial charge in [0.2, 0.25) is 5.91 Å². The smallest absolute Gasteiger partial charge is 0.221 e. The first kappa shape index (κ1) is 13.8. The monoisotopic (exact) mass is 256 g/mol. The lowest BCUT2D eigenvalue weighted by atomic mass is 9.97. The maximum Gasteiger partial charge on any atom is 0.221 e. The summed E-state index contributed by atoms with van der Waals surface area (Å²) >= 11 is 0. The molecule has 0 bridgehead atoms. The topological polar surface area (TPSA) is 61.8 Å². The molecule has 2 atom stereocenters. The SMILES string of the molecule is CC1OCCC1(O)CNC(=O)CCN1CCCC1. The first-order chi connectivity index (χ1) is 8.60. The maximum absolute atomic E-state index is 11.7. The third-order valence-electron chi connectivity index (χ3n) is 4.11. The number of carbonyl (C=O) groups is 1. The fourth-order valence-electron chi connectivity index (χ4n) is 2.61. The van der Waals surface area contributed by atoms with Crippen LogP contribution in [0.4, 0.5) is 0 Å². The van der Waals surface area contributed by atoms with Crippen molar-refractivity contribution in [1.82, 2.24) is 10.2 Å². The molecule has 0 aromatic carbocycles. The number of nitrogens with one attached hydrogen (secondary N) is 1. The summed E-state index contributed by atoms with van der Waals surface area (Å²) in [7, 11) is 0. The molecular weight excluding hydrogens is 232 g/mol. The number of rotatable bonds is 5. The van der Waals surface area contributed by atoms with Crippen LogP contribution in [0.25, 0.3) is 0 Å². The largest absolute Gasteiger partial charge is 0.385 e. The molecule has 2 aliphatic heterocycles.